The Bertz CT molecular complexity index is 856. The lowest BCUT2D eigenvalue weighted by molar-refractivity contribution is -0.130. The second-order valence-electron chi connectivity index (χ2n) is 13.1. The fourth-order valence-corrected chi connectivity index (χ4v) is 5.55. The zero-order chi connectivity index (χ0) is 35.7. The van der Waals surface area contributed by atoms with E-state index < -0.39 is 18.1 Å². The number of carbonyl (C=O) groups excluding carboxylic acids is 4. The monoisotopic (exact) mass is 680 g/mol. The summed E-state index contributed by atoms with van der Waals surface area (Å²) in [5.41, 5.74) is 17.1. The Balaban J connectivity index is 4.31. The van der Waals surface area contributed by atoms with Crippen molar-refractivity contribution in [2.75, 3.05) is 26.7 Å². The van der Waals surface area contributed by atoms with Gasteiger partial charge in [-0.15, -0.1) is 0 Å². The first-order valence-electron chi connectivity index (χ1n) is 19.2. The Hall–Kier alpha value is -2.50. The summed E-state index contributed by atoms with van der Waals surface area (Å²) in [6, 6.07) is -1.97. The number of allylic oxidation sites excluding steroid dienone is 2. The molecule has 0 aliphatic carbocycles. The van der Waals surface area contributed by atoms with Gasteiger partial charge in [-0.05, 0) is 96.6 Å². The van der Waals surface area contributed by atoms with Crippen LogP contribution < -0.4 is 38.5 Å². The molecule has 0 rings (SSSR count). The lowest BCUT2D eigenvalue weighted by Crippen LogP contribution is -2.51. The molecular formula is C37H73N7O4. The molecule has 11 nitrogen and oxygen atoms in total. The number of unbranched alkanes of at least 4 members (excludes halogenated alkanes) is 14. The predicted octanol–water partition coefficient (Wildman–Crippen LogP) is 4.61. The fourth-order valence-electron chi connectivity index (χ4n) is 5.55. The van der Waals surface area contributed by atoms with Crippen LogP contribution >= 0.6 is 0 Å². The van der Waals surface area contributed by atoms with E-state index in [1.807, 2.05) is 0 Å². The highest BCUT2D eigenvalue weighted by atomic mass is 16.2. The van der Waals surface area contributed by atoms with Crippen LogP contribution in [-0.2, 0) is 19.2 Å². The Morgan fingerprint density at radius 3 is 1.69 bits per heavy atom. The van der Waals surface area contributed by atoms with E-state index in [1.54, 1.807) is 7.05 Å². The van der Waals surface area contributed by atoms with Gasteiger partial charge < -0.3 is 38.5 Å². The molecule has 48 heavy (non-hydrogen) atoms. The molecule has 3 unspecified atom stereocenters. The summed E-state index contributed by atoms with van der Waals surface area (Å²) >= 11 is 0. The van der Waals surface area contributed by atoms with Crippen molar-refractivity contribution in [3.8, 4) is 0 Å². The van der Waals surface area contributed by atoms with E-state index in [0.717, 1.165) is 44.9 Å². The number of amides is 4. The van der Waals surface area contributed by atoms with Gasteiger partial charge in [-0.1, -0.05) is 76.9 Å². The van der Waals surface area contributed by atoms with E-state index in [0.29, 0.717) is 64.6 Å². The molecule has 0 aromatic heterocycles. The number of hydrogen-bond acceptors (Lipinski definition) is 7. The molecule has 0 spiro atoms. The van der Waals surface area contributed by atoms with Gasteiger partial charge in [-0.2, -0.15) is 0 Å². The maximum Gasteiger partial charge on any atom is 0.242 e. The lowest BCUT2D eigenvalue weighted by Gasteiger charge is -2.21. The maximum atomic E-state index is 12.9. The molecule has 0 saturated carbocycles. The van der Waals surface area contributed by atoms with Crippen molar-refractivity contribution < 1.29 is 19.2 Å². The summed E-state index contributed by atoms with van der Waals surface area (Å²) in [4.78, 5) is 50.5. The van der Waals surface area contributed by atoms with Crippen molar-refractivity contribution in [2.45, 2.75) is 173 Å². The van der Waals surface area contributed by atoms with Gasteiger partial charge in [-0.25, -0.2) is 0 Å². The minimum Gasteiger partial charge on any atom is -0.357 e. The second kappa shape index (κ2) is 33.0. The van der Waals surface area contributed by atoms with Crippen molar-refractivity contribution >= 4 is 23.6 Å². The molecule has 0 fully saturated rings. The number of carbonyl (C=O) groups is 4. The lowest BCUT2D eigenvalue weighted by atomic mass is 10.1. The predicted molar refractivity (Wildman–Crippen MR) is 198 cm³/mol. The number of hydrogen-bond donors (Lipinski definition) is 7. The van der Waals surface area contributed by atoms with Crippen LogP contribution in [0.3, 0.4) is 0 Å². The van der Waals surface area contributed by atoms with Gasteiger partial charge in [0.2, 0.25) is 23.6 Å². The molecule has 11 heteroatoms. The standard InChI is InChI=1S/C37H73N7O4/c1-3-4-5-6-7-8-9-10-11-12-13-14-15-16-17-27-34(45)43-32(36(47)41-2)26-20-23-30-42-37(48)33(25-19-22-29-39)44-35(46)31(40)24-18-21-28-38/h10-11,31-33H,3-9,12-30,38-40H2,1-2H3,(H,41,47)(H,42,48)(H,43,45)(H,44,46). The first-order valence-corrected chi connectivity index (χ1v) is 19.2. The van der Waals surface area contributed by atoms with Gasteiger partial charge in [-0.3, -0.25) is 19.2 Å². The largest absolute Gasteiger partial charge is 0.357 e. The smallest absolute Gasteiger partial charge is 0.242 e. The van der Waals surface area contributed by atoms with E-state index in [2.05, 4.69) is 40.3 Å². The van der Waals surface area contributed by atoms with Gasteiger partial charge in [0.15, 0.2) is 0 Å². The van der Waals surface area contributed by atoms with Crippen LogP contribution in [0.5, 0.6) is 0 Å². The fraction of sp³-hybridized carbons (Fsp3) is 0.838. The highest BCUT2D eigenvalue weighted by molar-refractivity contribution is 5.89. The summed E-state index contributed by atoms with van der Waals surface area (Å²) < 4.78 is 0. The molecular weight excluding hydrogens is 606 g/mol. The van der Waals surface area contributed by atoms with E-state index in [-0.39, 0.29) is 23.6 Å². The number of nitrogens with one attached hydrogen (secondary N) is 4. The van der Waals surface area contributed by atoms with E-state index in [1.165, 1.54) is 57.8 Å². The molecule has 3 atom stereocenters. The summed E-state index contributed by atoms with van der Waals surface area (Å²) in [6.45, 7) is 3.71. The van der Waals surface area contributed by atoms with E-state index in [9.17, 15) is 19.2 Å². The molecule has 0 radical (unpaired) electrons. The third-order valence-corrected chi connectivity index (χ3v) is 8.67. The van der Waals surface area contributed by atoms with E-state index >= 15 is 0 Å². The molecule has 0 saturated heterocycles. The van der Waals surface area contributed by atoms with Crippen molar-refractivity contribution in [3.05, 3.63) is 12.2 Å². The molecule has 0 aliphatic heterocycles. The Labute approximate surface area is 292 Å². The number of likely N-dealkylation sites (N-methyl/N-ethyl adjacent to an activating group) is 1. The molecule has 4 amide bonds. The molecule has 280 valence electrons. The highest BCUT2D eigenvalue weighted by Crippen LogP contribution is 2.11. The molecule has 0 aromatic carbocycles. The summed E-state index contributed by atoms with van der Waals surface area (Å²) in [5, 5.41) is 11.2. The summed E-state index contributed by atoms with van der Waals surface area (Å²) in [7, 11) is 1.56. The zero-order valence-corrected chi connectivity index (χ0v) is 30.6. The topological polar surface area (TPSA) is 194 Å². The average Bonchev–Trinajstić information content (AvgIpc) is 3.08. The number of nitrogens with two attached hydrogens (primary N) is 3. The van der Waals surface area contributed by atoms with Crippen molar-refractivity contribution in [3.63, 3.8) is 0 Å². The molecule has 0 heterocycles. The van der Waals surface area contributed by atoms with Crippen LogP contribution in [0.15, 0.2) is 12.2 Å². The quantitative estimate of drug-likeness (QED) is 0.0389. The second-order valence-corrected chi connectivity index (χ2v) is 13.1. The van der Waals surface area contributed by atoms with Crippen molar-refractivity contribution in [2.24, 2.45) is 17.2 Å². The van der Waals surface area contributed by atoms with Crippen LogP contribution in [0.2, 0.25) is 0 Å². The first-order chi connectivity index (χ1) is 23.3. The first kappa shape index (κ1) is 45.5. The van der Waals surface area contributed by atoms with Gasteiger partial charge in [0, 0.05) is 20.0 Å². The van der Waals surface area contributed by atoms with Crippen LogP contribution in [-0.4, -0.2) is 68.4 Å². The Kier molecular flexibility index (Phi) is 31.3. The summed E-state index contributed by atoms with van der Waals surface area (Å²) in [5.74, 6) is -0.925. The minimum absolute atomic E-state index is 0.105. The SMILES string of the molecule is CCCCCCCCC=CCCCCCCCC(=O)NC(CCCCNC(=O)C(CCCCN)NC(=O)C(N)CCCCN)C(=O)NC. The molecule has 10 N–H and O–H groups in total. The third-order valence-electron chi connectivity index (χ3n) is 8.67. The van der Waals surface area contributed by atoms with Crippen LogP contribution in [0.1, 0.15) is 155 Å². The van der Waals surface area contributed by atoms with Gasteiger partial charge in [0.05, 0.1) is 6.04 Å². The van der Waals surface area contributed by atoms with Crippen molar-refractivity contribution in [1.29, 1.82) is 0 Å². The molecule has 0 aliphatic rings. The highest BCUT2D eigenvalue weighted by Gasteiger charge is 2.23. The normalized spacial score (nSPS) is 13.2. The average molecular weight is 680 g/mol. The third kappa shape index (κ3) is 26.5. The van der Waals surface area contributed by atoms with Gasteiger partial charge >= 0.3 is 0 Å². The Morgan fingerprint density at radius 2 is 1.10 bits per heavy atom. The van der Waals surface area contributed by atoms with Gasteiger partial charge in [0.25, 0.3) is 0 Å². The summed E-state index contributed by atoms with van der Waals surface area (Å²) in [6.07, 6.45) is 26.5. The maximum absolute atomic E-state index is 12.9. The van der Waals surface area contributed by atoms with Crippen LogP contribution in [0, 0.1) is 0 Å². The minimum atomic E-state index is -0.685. The molecule has 0 bridgehead atoms. The van der Waals surface area contributed by atoms with Crippen LogP contribution in [0.4, 0.5) is 0 Å². The Morgan fingerprint density at radius 1 is 0.583 bits per heavy atom. The van der Waals surface area contributed by atoms with Crippen molar-refractivity contribution in [1.82, 2.24) is 21.3 Å². The van der Waals surface area contributed by atoms with Gasteiger partial charge in [0.1, 0.15) is 12.1 Å². The van der Waals surface area contributed by atoms with E-state index in [4.69, 9.17) is 17.2 Å². The van der Waals surface area contributed by atoms with Crippen LogP contribution in [0.25, 0.3) is 0 Å². The molecule has 0 aromatic rings. The zero-order valence-electron chi connectivity index (χ0n) is 30.6. The number of rotatable bonds is 33.